The molecular formula is C11H24IN3O2S. The summed E-state index contributed by atoms with van der Waals surface area (Å²) in [6, 6.07) is 0. The van der Waals surface area contributed by atoms with Crippen molar-refractivity contribution in [1.82, 2.24) is 10.2 Å². The molecule has 0 aliphatic carbocycles. The van der Waals surface area contributed by atoms with Gasteiger partial charge in [0.15, 0.2) is 15.8 Å². The van der Waals surface area contributed by atoms with Crippen LogP contribution in [0.15, 0.2) is 4.99 Å². The van der Waals surface area contributed by atoms with Crippen molar-refractivity contribution in [3.63, 3.8) is 0 Å². The largest absolute Gasteiger partial charge is 0.357 e. The Bertz CT molecular complexity index is 393. The van der Waals surface area contributed by atoms with Gasteiger partial charge >= 0.3 is 0 Å². The normalized spacial score (nSPS) is 22.2. The van der Waals surface area contributed by atoms with Crippen LogP contribution in [-0.4, -0.2) is 56.0 Å². The number of nitrogens with zero attached hydrogens (tertiary/aromatic N) is 2. The van der Waals surface area contributed by atoms with Crippen LogP contribution < -0.4 is 5.32 Å². The molecule has 1 aliphatic heterocycles. The zero-order chi connectivity index (χ0) is 13.1. The quantitative estimate of drug-likeness (QED) is 0.437. The molecule has 1 heterocycles. The molecule has 5 nitrogen and oxygen atoms in total. The number of halogens is 1. The SMILES string of the molecule is CCN=C(NCC)N1CCS(=O)(=O)C(C)(C)C1.I. The summed E-state index contributed by atoms with van der Waals surface area (Å²) in [6.45, 7) is 10.1. The molecular weight excluding hydrogens is 365 g/mol. The van der Waals surface area contributed by atoms with Gasteiger partial charge in [0.2, 0.25) is 0 Å². The summed E-state index contributed by atoms with van der Waals surface area (Å²) >= 11 is 0. The minimum absolute atomic E-state index is 0. The van der Waals surface area contributed by atoms with Crippen molar-refractivity contribution in [2.24, 2.45) is 4.99 Å². The van der Waals surface area contributed by atoms with Gasteiger partial charge in [0.05, 0.1) is 10.5 Å². The van der Waals surface area contributed by atoms with Crippen LogP contribution in [0.1, 0.15) is 27.7 Å². The van der Waals surface area contributed by atoms with E-state index in [9.17, 15) is 8.42 Å². The van der Waals surface area contributed by atoms with Crippen LogP contribution in [0, 0.1) is 0 Å². The first-order chi connectivity index (χ1) is 7.84. The zero-order valence-electron chi connectivity index (χ0n) is 11.6. The predicted molar refractivity (Wildman–Crippen MR) is 86.5 cm³/mol. The molecule has 18 heavy (non-hydrogen) atoms. The Morgan fingerprint density at radius 3 is 2.44 bits per heavy atom. The summed E-state index contributed by atoms with van der Waals surface area (Å²) in [6.07, 6.45) is 0. The van der Waals surface area contributed by atoms with E-state index >= 15 is 0 Å². The van der Waals surface area contributed by atoms with Gasteiger partial charge in [-0.1, -0.05) is 0 Å². The molecule has 1 N–H and O–H groups in total. The van der Waals surface area contributed by atoms with Gasteiger partial charge in [-0.05, 0) is 27.7 Å². The lowest BCUT2D eigenvalue weighted by Gasteiger charge is -2.39. The standard InChI is InChI=1S/C11H23N3O2S.HI/c1-5-12-10(13-6-2)14-7-8-17(15,16)11(3,4)9-14;/h5-9H2,1-4H3,(H,12,13);1H. The Balaban J connectivity index is 0.00000289. The number of guanidine groups is 1. The Hall–Kier alpha value is -0.0500. The fourth-order valence-corrected chi connectivity index (χ4v) is 3.27. The molecule has 0 bridgehead atoms. The van der Waals surface area contributed by atoms with Crippen LogP contribution in [0.3, 0.4) is 0 Å². The smallest absolute Gasteiger partial charge is 0.193 e. The van der Waals surface area contributed by atoms with Gasteiger partial charge in [0.1, 0.15) is 0 Å². The highest BCUT2D eigenvalue weighted by atomic mass is 127. The third-order valence-corrected chi connectivity index (χ3v) is 5.52. The van der Waals surface area contributed by atoms with Crippen molar-refractivity contribution in [1.29, 1.82) is 0 Å². The van der Waals surface area contributed by atoms with E-state index in [1.807, 2.05) is 18.7 Å². The van der Waals surface area contributed by atoms with E-state index in [1.54, 1.807) is 13.8 Å². The summed E-state index contributed by atoms with van der Waals surface area (Å²) in [7, 11) is -2.98. The number of hydrogen-bond donors (Lipinski definition) is 1. The first kappa shape index (κ1) is 17.9. The Morgan fingerprint density at radius 1 is 1.39 bits per heavy atom. The summed E-state index contributed by atoms with van der Waals surface area (Å²) in [4.78, 5) is 6.42. The van der Waals surface area contributed by atoms with Crippen LogP contribution in [0.25, 0.3) is 0 Å². The molecule has 1 saturated heterocycles. The Kier molecular flexibility index (Phi) is 6.91. The van der Waals surface area contributed by atoms with Gasteiger partial charge < -0.3 is 10.2 Å². The minimum Gasteiger partial charge on any atom is -0.357 e. The Labute approximate surface area is 127 Å². The molecule has 0 aromatic heterocycles. The molecule has 0 radical (unpaired) electrons. The topological polar surface area (TPSA) is 61.8 Å². The lowest BCUT2D eigenvalue weighted by atomic mass is 10.2. The third-order valence-electron chi connectivity index (χ3n) is 2.99. The predicted octanol–water partition coefficient (Wildman–Crippen LogP) is 1.10. The summed E-state index contributed by atoms with van der Waals surface area (Å²) < 4.78 is 23.1. The second-order valence-corrected chi connectivity index (χ2v) is 7.57. The highest BCUT2D eigenvalue weighted by Crippen LogP contribution is 2.23. The average Bonchev–Trinajstić information content (AvgIpc) is 2.22. The van der Waals surface area contributed by atoms with Gasteiger partial charge in [-0.25, -0.2) is 8.42 Å². The van der Waals surface area contributed by atoms with Crippen LogP contribution >= 0.6 is 24.0 Å². The van der Waals surface area contributed by atoms with Crippen molar-refractivity contribution >= 4 is 39.8 Å². The first-order valence-electron chi connectivity index (χ1n) is 6.09. The maximum Gasteiger partial charge on any atom is 0.193 e. The second-order valence-electron chi connectivity index (χ2n) is 4.83. The van der Waals surface area contributed by atoms with E-state index in [2.05, 4.69) is 10.3 Å². The van der Waals surface area contributed by atoms with E-state index in [1.165, 1.54) is 0 Å². The summed E-state index contributed by atoms with van der Waals surface area (Å²) in [5.41, 5.74) is 0. The van der Waals surface area contributed by atoms with Gasteiger partial charge in [-0.3, -0.25) is 4.99 Å². The first-order valence-corrected chi connectivity index (χ1v) is 7.75. The monoisotopic (exact) mass is 389 g/mol. The van der Waals surface area contributed by atoms with Gasteiger partial charge in [-0.2, -0.15) is 0 Å². The van der Waals surface area contributed by atoms with Crippen molar-refractivity contribution in [3.05, 3.63) is 0 Å². The number of sulfone groups is 1. The molecule has 1 fully saturated rings. The van der Waals surface area contributed by atoms with Crippen LogP contribution in [0.4, 0.5) is 0 Å². The van der Waals surface area contributed by atoms with Gasteiger partial charge in [0.25, 0.3) is 0 Å². The van der Waals surface area contributed by atoms with E-state index in [0.717, 1.165) is 12.5 Å². The Morgan fingerprint density at radius 2 is 2.00 bits per heavy atom. The molecule has 0 saturated carbocycles. The maximum atomic E-state index is 11.9. The van der Waals surface area contributed by atoms with Crippen molar-refractivity contribution in [2.45, 2.75) is 32.4 Å². The third kappa shape index (κ3) is 3.97. The lowest BCUT2D eigenvalue weighted by molar-refractivity contribution is 0.353. The molecule has 108 valence electrons. The van der Waals surface area contributed by atoms with Crippen molar-refractivity contribution < 1.29 is 8.42 Å². The zero-order valence-corrected chi connectivity index (χ0v) is 14.7. The van der Waals surface area contributed by atoms with E-state index < -0.39 is 14.6 Å². The second kappa shape index (κ2) is 6.93. The maximum absolute atomic E-state index is 11.9. The molecule has 1 aliphatic rings. The van der Waals surface area contributed by atoms with E-state index in [0.29, 0.717) is 19.6 Å². The molecule has 0 unspecified atom stereocenters. The van der Waals surface area contributed by atoms with E-state index in [-0.39, 0.29) is 29.7 Å². The highest BCUT2D eigenvalue weighted by molar-refractivity contribution is 14.0. The molecule has 7 heteroatoms. The van der Waals surface area contributed by atoms with E-state index in [4.69, 9.17) is 0 Å². The van der Waals surface area contributed by atoms with Crippen LogP contribution in [0.5, 0.6) is 0 Å². The van der Waals surface area contributed by atoms with Crippen molar-refractivity contribution in [2.75, 3.05) is 31.9 Å². The van der Waals surface area contributed by atoms with Crippen LogP contribution in [-0.2, 0) is 9.84 Å². The highest BCUT2D eigenvalue weighted by Gasteiger charge is 2.40. The van der Waals surface area contributed by atoms with Gasteiger partial charge in [-0.15, -0.1) is 24.0 Å². The number of aliphatic imine (C=N–C) groups is 1. The summed E-state index contributed by atoms with van der Waals surface area (Å²) in [5.74, 6) is 1.02. The molecule has 0 spiro atoms. The minimum atomic E-state index is -2.98. The number of rotatable bonds is 2. The van der Waals surface area contributed by atoms with Crippen molar-refractivity contribution in [3.8, 4) is 0 Å². The molecule has 0 amide bonds. The molecule has 0 atom stereocenters. The summed E-state index contributed by atoms with van der Waals surface area (Å²) in [5, 5.41) is 3.20. The average molecular weight is 389 g/mol. The fraction of sp³-hybridized carbons (Fsp3) is 0.909. The number of hydrogen-bond acceptors (Lipinski definition) is 3. The van der Waals surface area contributed by atoms with Gasteiger partial charge in [0, 0.05) is 26.2 Å². The van der Waals surface area contributed by atoms with Crippen LogP contribution in [0.2, 0.25) is 0 Å². The molecule has 1 rings (SSSR count). The molecule has 0 aromatic rings. The molecule has 0 aromatic carbocycles. The fourth-order valence-electron chi connectivity index (χ4n) is 1.90. The number of nitrogens with one attached hydrogen (secondary N) is 1. The lowest BCUT2D eigenvalue weighted by Crippen LogP contribution is -2.57.